The van der Waals surface area contributed by atoms with E-state index in [0.29, 0.717) is 12.3 Å². The van der Waals surface area contributed by atoms with Crippen molar-refractivity contribution in [3.63, 3.8) is 0 Å². The van der Waals surface area contributed by atoms with Gasteiger partial charge >= 0.3 is 0 Å². The van der Waals surface area contributed by atoms with Crippen molar-refractivity contribution in [2.24, 2.45) is 0 Å². The summed E-state index contributed by atoms with van der Waals surface area (Å²) in [6.07, 6.45) is 1.92. The molecule has 5 heteroatoms. The second-order valence-electron chi connectivity index (χ2n) is 4.49. The number of nitrogens with zero attached hydrogens (tertiary/aromatic N) is 1. The van der Waals surface area contributed by atoms with Gasteiger partial charge in [0.15, 0.2) is 0 Å². The van der Waals surface area contributed by atoms with Crippen LogP contribution in [0.25, 0.3) is 0 Å². The standard InChI is InChI=1S/C14H22N2O2S/c1-16(2)13(9-15-14(17)10-19-4)11-5-7-12(18-3)8-6-11/h5-8,13H,9-10H2,1-4H3,(H,15,17). The Labute approximate surface area is 119 Å². The normalized spacial score (nSPS) is 12.3. The summed E-state index contributed by atoms with van der Waals surface area (Å²) in [6, 6.07) is 8.11. The van der Waals surface area contributed by atoms with Crippen LogP contribution in [0.4, 0.5) is 0 Å². The van der Waals surface area contributed by atoms with Crippen LogP contribution in [0.1, 0.15) is 11.6 Å². The third kappa shape index (κ3) is 5.12. The predicted molar refractivity (Wildman–Crippen MR) is 80.8 cm³/mol. The Bertz CT molecular complexity index is 393. The lowest BCUT2D eigenvalue weighted by molar-refractivity contribution is -0.118. The van der Waals surface area contributed by atoms with Gasteiger partial charge in [0.2, 0.25) is 5.91 Å². The lowest BCUT2D eigenvalue weighted by Crippen LogP contribution is -2.35. The molecule has 0 saturated carbocycles. The van der Waals surface area contributed by atoms with E-state index in [0.717, 1.165) is 11.3 Å². The van der Waals surface area contributed by atoms with Crippen LogP contribution in [-0.4, -0.2) is 50.6 Å². The number of hydrogen-bond acceptors (Lipinski definition) is 4. The number of thioether (sulfide) groups is 1. The van der Waals surface area contributed by atoms with Crippen LogP contribution in [0.5, 0.6) is 5.75 Å². The number of likely N-dealkylation sites (N-methyl/N-ethyl adjacent to an activating group) is 1. The molecule has 0 aliphatic rings. The molecule has 0 aliphatic heterocycles. The van der Waals surface area contributed by atoms with Crippen LogP contribution in [-0.2, 0) is 4.79 Å². The number of benzene rings is 1. The molecular weight excluding hydrogens is 260 g/mol. The summed E-state index contributed by atoms with van der Waals surface area (Å²) in [6.45, 7) is 0.610. The van der Waals surface area contributed by atoms with Crippen LogP contribution in [0, 0.1) is 0 Å². The first kappa shape index (κ1) is 15.9. The molecule has 1 N–H and O–H groups in total. The van der Waals surface area contributed by atoms with E-state index < -0.39 is 0 Å². The van der Waals surface area contributed by atoms with Crippen molar-refractivity contribution in [1.29, 1.82) is 0 Å². The topological polar surface area (TPSA) is 41.6 Å². The van der Waals surface area contributed by atoms with Crippen molar-refractivity contribution < 1.29 is 9.53 Å². The van der Waals surface area contributed by atoms with E-state index in [4.69, 9.17) is 4.74 Å². The van der Waals surface area contributed by atoms with Crippen LogP contribution >= 0.6 is 11.8 Å². The quantitative estimate of drug-likeness (QED) is 0.828. The Balaban J connectivity index is 2.68. The zero-order valence-electron chi connectivity index (χ0n) is 12.0. The third-order valence-electron chi connectivity index (χ3n) is 2.89. The largest absolute Gasteiger partial charge is 0.497 e. The fraction of sp³-hybridized carbons (Fsp3) is 0.500. The predicted octanol–water partition coefficient (Wildman–Crippen LogP) is 1.78. The first-order valence-corrected chi connectivity index (χ1v) is 7.54. The average Bonchev–Trinajstić information content (AvgIpc) is 2.39. The smallest absolute Gasteiger partial charge is 0.230 e. The van der Waals surface area contributed by atoms with Crippen LogP contribution in [0.2, 0.25) is 0 Å². The van der Waals surface area contributed by atoms with Crippen molar-refractivity contribution in [3.05, 3.63) is 29.8 Å². The maximum absolute atomic E-state index is 11.5. The van der Waals surface area contributed by atoms with Gasteiger partial charge in [0, 0.05) is 6.54 Å². The van der Waals surface area contributed by atoms with Crippen LogP contribution in [0.3, 0.4) is 0 Å². The lowest BCUT2D eigenvalue weighted by Gasteiger charge is -2.25. The highest BCUT2D eigenvalue weighted by Crippen LogP contribution is 2.20. The number of hydrogen-bond donors (Lipinski definition) is 1. The Hall–Kier alpha value is -1.20. The summed E-state index contributed by atoms with van der Waals surface area (Å²) < 4.78 is 5.15. The van der Waals surface area contributed by atoms with Gasteiger partial charge in [-0.2, -0.15) is 11.8 Å². The van der Waals surface area contributed by atoms with Gasteiger partial charge in [-0.05, 0) is 38.0 Å². The molecular formula is C14H22N2O2S. The van der Waals surface area contributed by atoms with E-state index >= 15 is 0 Å². The molecule has 1 aromatic carbocycles. The minimum absolute atomic E-state index is 0.0767. The number of amides is 1. The fourth-order valence-electron chi connectivity index (χ4n) is 1.82. The number of methoxy groups -OCH3 is 1. The van der Waals surface area contributed by atoms with Crippen LogP contribution < -0.4 is 10.1 Å². The number of carbonyl (C=O) groups excluding carboxylic acids is 1. The summed E-state index contributed by atoms with van der Waals surface area (Å²) in [5.41, 5.74) is 1.16. The Kier molecular flexibility index (Phi) is 6.73. The molecule has 4 nitrogen and oxygen atoms in total. The first-order valence-electron chi connectivity index (χ1n) is 6.14. The van der Waals surface area contributed by atoms with E-state index in [1.54, 1.807) is 7.11 Å². The molecule has 1 rings (SSSR count). The number of nitrogens with one attached hydrogen (secondary N) is 1. The number of rotatable bonds is 7. The van der Waals surface area contributed by atoms with Crippen LogP contribution in [0.15, 0.2) is 24.3 Å². The molecule has 1 atom stereocenters. The molecule has 0 bridgehead atoms. The average molecular weight is 282 g/mol. The summed E-state index contributed by atoms with van der Waals surface area (Å²) in [5, 5.41) is 2.96. The number of carbonyl (C=O) groups is 1. The molecule has 1 amide bonds. The minimum atomic E-state index is 0.0767. The summed E-state index contributed by atoms with van der Waals surface area (Å²) in [7, 11) is 5.67. The molecule has 0 aliphatic carbocycles. The second kappa shape index (κ2) is 8.07. The highest BCUT2D eigenvalue weighted by molar-refractivity contribution is 7.99. The molecule has 1 aromatic rings. The highest BCUT2D eigenvalue weighted by atomic mass is 32.2. The van der Waals surface area contributed by atoms with E-state index in [9.17, 15) is 4.79 Å². The van der Waals surface area contributed by atoms with Gasteiger partial charge < -0.3 is 15.0 Å². The molecule has 0 spiro atoms. The van der Waals surface area contributed by atoms with Gasteiger partial charge in [0.25, 0.3) is 0 Å². The van der Waals surface area contributed by atoms with Crippen molar-refractivity contribution >= 4 is 17.7 Å². The zero-order valence-corrected chi connectivity index (χ0v) is 12.8. The first-order chi connectivity index (χ1) is 9.08. The molecule has 106 valence electrons. The van der Waals surface area contributed by atoms with Gasteiger partial charge in [-0.25, -0.2) is 0 Å². The van der Waals surface area contributed by atoms with Crippen molar-refractivity contribution in [3.8, 4) is 5.75 Å². The molecule has 0 aromatic heterocycles. The molecule has 1 unspecified atom stereocenters. The van der Waals surface area contributed by atoms with E-state index in [1.807, 2.05) is 44.6 Å². The lowest BCUT2D eigenvalue weighted by atomic mass is 10.1. The molecule has 0 saturated heterocycles. The van der Waals surface area contributed by atoms with Crippen molar-refractivity contribution in [1.82, 2.24) is 10.2 Å². The Morgan fingerprint density at radius 3 is 2.47 bits per heavy atom. The maximum atomic E-state index is 11.5. The van der Waals surface area contributed by atoms with Gasteiger partial charge in [-0.3, -0.25) is 4.79 Å². The Morgan fingerprint density at radius 1 is 1.37 bits per heavy atom. The van der Waals surface area contributed by atoms with Gasteiger partial charge in [0.1, 0.15) is 5.75 Å². The monoisotopic (exact) mass is 282 g/mol. The zero-order chi connectivity index (χ0) is 14.3. The van der Waals surface area contributed by atoms with E-state index in [2.05, 4.69) is 10.2 Å². The SMILES string of the molecule is COc1ccc(C(CNC(=O)CSC)N(C)C)cc1. The van der Waals surface area contributed by atoms with Gasteiger partial charge in [0.05, 0.1) is 18.9 Å². The second-order valence-corrected chi connectivity index (χ2v) is 5.36. The molecule has 0 radical (unpaired) electrons. The summed E-state index contributed by atoms with van der Waals surface area (Å²) in [4.78, 5) is 13.6. The van der Waals surface area contributed by atoms with Crippen molar-refractivity contribution in [2.75, 3.05) is 39.8 Å². The fourth-order valence-corrected chi connectivity index (χ4v) is 2.18. The highest BCUT2D eigenvalue weighted by Gasteiger charge is 2.15. The Morgan fingerprint density at radius 2 is 2.00 bits per heavy atom. The molecule has 19 heavy (non-hydrogen) atoms. The van der Waals surface area contributed by atoms with Crippen molar-refractivity contribution in [2.45, 2.75) is 6.04 Å². The third-order valence-corrected chi connectivity index (χ3v) is 3.44. The van der Waals surface area contributed by atoms with Gasteiger partial charge in [-0.15, -0.1) is 0 Å². The summed E-state index contributed by atoms with van der Waals surface area (Å²) >= 11 is 1.53. The summed E-state index contributed by atoms with van der Waals surface area (Å²) in [5.74, 6) is 1.42. The molecule has 0 heterocycles. The number of ether oxygens (including phenoxy) is 1. The van der Waals surface area contributed by atoms with E-state index in [1.165, 1.54) is 11.8 Å². The van der Waals surface area contributed by atoms with Gasteiger partial charge in [-0.1, -0.05) is 12.1 Å². The minimum Gasteiger partial charge on any atom is -0.497 e. The van der Waals surface area contributed by atoms with E-state index in [-0.39, 0.29) is 11.9 Å². The molecule has 0 fully saturated rings. The maximum Gasteiger partial charge on any atom is 0.230 e.